The Bertz CT molecular complexity index is 537. The maximum absolute atomic E-state index is 12.5. The van der Waals surface area contributed by atoms with Crippen molar-refractivity contribution in [3.8, 4) is 0 Å². The molecule has 98 valence electrons. The number of aryl methyl sites for hydroxylation is 1. The van der Waals surface area contributed by atoms with Crippen LogP contribution in [0, 0.1) is 18.8 Å². The Morgan fingerprint density at radius 3 is 2.05 bits per heavy atom. The van der Waals surface area contributed by atoms with Crippen LogP contribution < -0.4 is 4.90 Å². The first-order valence-electron chi connectivity index (χ1n) is 6.77. The number of benzene rings is 1. The molecule has 4 rings (SSSR count). The van der Waals surface area contributed by atoms with Crippen LogP contribution in [0.1, 0.15) is 18.4 Å². The van der Waals surface area contributed by atoms with Gasteiger partial charge >= 0.3 is 0 Å². The number of amides is 2. The van der Waals surface area contributed by atoms with Gasteiger partial charge in [-0.25, -0.2) is 4.90 Å². The zero-order valence-corrected chi connectivity index (χ0v) is 10.7. The third-order valence-corrected chi connectivity index (χ3v) is 4.58. The number of hydrogen-bond donors (Lipinski definition) is 0. The van der Waals surface area contributed by atoms with E-state index < -0.39 is 0 Å². The van der Waals surface area contributed by atoms with Crippen molar-refractivity contribution in [1.29, 1.82) is 0 Å². The van der Waals surface area contributed by atoms with Crippen LogP contribution in [0.15, 0.2) is 24.3 Å². The van der Waals surface area contributed by atoms with Crippen molar-refractivity contribution in [3.05, 3.63) is 29.8 Å². The first kappa shape index (κ1) is 11.2. The number of fused-ring (bicyclic) bond motifs is 5. The summed E-state index contributed by atoms with van der Waals surface area (Å²) in [4.78, 5) is 26.4. The molecule has 1 aromatic carbocycles. The summed E-state index contributed by atoms with van der Waals surface area (Å²) in [6, 6.07) is 7.54. The average molecular weight is 257 g/mol. The van der Waals surface area contributed by atoms with Crippen LogP contribution in [0.2, 0.25) is 0 Å². The van der Waals surface area contributed by atoms with Gasteiger partial charge in [0.25, 0.3) is 0 Å². The highest BCUT2D eigenvalue weighted by molar-refractivity contribution is 6.22. The standard InChI is InChI=1S/C15H15NO3/c1-8-2-4-9(5-3-8)16-14(17)12-10-6-7-11(19-10)13(12)15(16)18/h2-5,10-13H,6-7H2,1H3. The third kappa shape index (κ3) is 1.38. The summed E-state index contributed by atoms with van der Waals surface area (Å²) in [5.41, 5.74) is 1.81. The first-order valence-corrected chi connectivity index (χ1v) is 6.77. The summed E-state index contributed by atoms with van der Waals surface area (Å²) in [5.74, 6) is -0.641. The lowest BCUT2D eigenvalue weighted by Crippen LogP contribution is -2.34. The number of imide groups is 1. The van der Waals surface area contributed by atoms with Crippen molar-refractivity contribution in [3.63, 3.8) is 0 Å². The lowest BCUT2D eigenvalue weighted by atomic mass is 9.81. The van der Waals surface area contributed by atoms with E-state index in [1.54, 1.807) is 0 Å². The molecule has 2 amide bonds. The van der Waals surface area contributed by atoms with Gasteiger partial charge in [0, 0.05) is 0 Å². The maximum atomic E-state index is 12.5. The minimum Gasteiger partial charge on any atom is -0.373 e. The van der Waals surface area contributed by atoms with Crippen molar-refractivity contribution < 1.29 is 14.3 Å². The Labute approximate surface area is 111 Å². The Hall–Kier alpha value is -1.68. The van der Waals surface area contributed by atoms with Crippen LogP contribution in [0.5, 0.6) is 0 Å². The van der Waals surface area contributed by atoms with Crippen molar-refractivity contribution in [2.75, 3.05) is 4.90 Å². The average Bonchev–Trinajstić information content (AvgIpc) is 3.06. The van der Waals surface area contributed by atoms with Gasteiger partial charge < -0.3 is 4.74 Å². The van der Waals surface area contributed by atoms with Crippen LogP contribution in [-0.2, 0) is 14.3 Å². The Morgan fingerprint density at radius 2 is 1.53 bits per heavy atom. The summed E-state index contributed by atoms with van der Waals surface area (Å²) >= 11 is 0. The summed E-state index contributed by atoms with van der Waals surface area (Å²) in [7, 11) is 0. The summed E-state index contributed by atoms with van der Waals surface area (Å²) in [6.07, 6.45) is 1.74. The normalized spacial score (nSPS) is 36.2. The fraction of sp³-hybridized carbons (Fsp3) is 0.467. The monoisotopic (exact) mass is 257 g/mol. The van der Waals surface area contributed by atoms with Crippen molar-refractivity contribution in [2.45, 2.75) is 32.0 Å². The van der Waals surface area contributed by atoms with E-state index in [1.165, 1.54) is 4.90 Å². The van der Waals surface area contributed by atoms with Crippen molar-refractivity contribution in [1.82, 2.24) is 0 Å². The Balaban J connectivity index is 1.73. The smallest absolute Gasteiger partial charge is 0.240 e. The molecule has 19 heavy (non-hydrogen) atoms. The zero-order valence-electron chi connectivity index (χ0n) is 10.7. The largest absolute Gasteiger partial charge is 0.373 e. The first-order chi connectivity index (χ1) is 9.16. The number of rotatable bonds is 1. The molecule has 3 aliphatic rings. The lowest BCUT2D eigenvalue weighted by molar-refractivity contribution is -0.124. The van der Waals surface area contributed by atoms with E-state index in [0.717, 1.165) is 18.4 Å². The van der Waals surface area contributed by atoms with Crippen LogP contribution in [0.3, 0.4) is 0 Å². The van der Waals surface area contributed by atoms with Crippen LogP contribution in [0.4, 0.5) is 5.69 Å². The number of ether oxygens (including phenoxy) is 1. The van der Waals surface area contributed by atoms with E-state index in [9.17, 15) is 9.59 Å². The van der Waals surface area contributed by atoms with E-state index in [-0.39, 0.29) is 35.9 Å². The highest BCUT2D eigenvalue weighted by Gasteiger charge is 2.62. The summed E-state index contributed by atoms with van der Waals surface area (Å²) < 4.78 is 5.72. The van der Waals surface area contributed by atoms with Gasteiger partial charge in [-0.15, -0.1) is 0 Å². The van der Waals surface area contributed by atoms with Crippen LogP contribution >= 0.6 is 0 Å². The van der Waals surface area contributed by atoms with Gasteiger partial charge in [-0.2, -0.15) is 0 Å². The molecule has 4 heteroatoms. The molecule has 1 aromatic rings. The topological polar surface area (TPSA) is 46.6 Å². The van der Waals surface area contributed by atoms with E-state index >= 15 is 0 Å². The second-order valence-electron chi connectivity index (χ2n) is 5.69. The minimum atomic E-state index is -0.243. The van der Waals surface area contributed by atoms with Crippen molar-refractivity contribution in [2.24, 2.45) is 11.8 Å². The second kappa shape index (κ2) is 3.67. The van der Waals surface area contributed by atoms with E-state index in [0.29, 0.717) is 5.69 Å². The molecule has 0 spiro atoms. The molecule has 4 nitrogen and oxygen atoms in total. The molecule has 3 fully saturated rings. The summed E-state index contributed by atoms with van der Waals surface area (Å²) in [6.45, 7) is 1.99. The quantitative estimate of drug-likeness (QED) is 0.719. The molecular formula is C15H15NO3. The molecule has 3 aliphatic heterocycles. The molecule has 0 aliphatic carbocycles. The van der Waals surface area contributed by atoms with Gasteiger partial charge in [0.2, 0.25) is 11.8 Å². The van der Waals surface area contributed by atoms with E-state index in [4.69, 9.17) is 4.74 Å². The minimum absolute atomic E-state index is 0.0399. The van der Waals surface area contributed by atoms with E-state index in [2.05, 4.69) is 0 Å². The van der Waals surface area contributed by atoms with Crippen LogP contribution in [0.25, 0.3) is 0 Å². The number of anilines is 1. The molecule has 4 atom stereocenters. The highest BCUT2D eigenvalue weighted by Crippen LogP contribution is 2.49. The number of carbonyl (C=O) groups excluding carboxylic acids is 2. The van der Waals surface area contributed by atoms with Gasteiger partial charge in [0.15, 0.2) is 0 Å². The fourth-order valence-corrected chi connectivity index (χ4v) is 3.66. The van der Waals surface area contributed by atoms with Gasteiger partial charge in [0.05, 0.1) is 29.7 Å². The molecule has 4 unspecified atom stereocenters. The third-order valence-electron chi connectivity index (χ3n) is 4.58. The van der Waals surface area contributed by atoms with Gasteiger partial charge in [-0.3, -0.25) is 9.59 Å². The lowest BCUT2D eigenvalue weighted by Gasteiger charge is -2.17. The molecule has 3 saturated heterocycles. The predicted octanol–water partition coefficient (Wildman–Crippen LogP) is 1.66. The molecular weight excluding hydrogens is 242 g/mol. The van der Waals surface area contributed by atoms with Gasteiger partial charge in [-0.05, 0) is 31.9 Å². The van der Waals surface area contributed by atoms with Crippen LogP contribution in [-0.4, -0.2) is 24.0 Å². The van der Waals surface area contributed by atoms with Gasteiger partial charge in [0.1, 0.15) is 0 Å². The number of hydrogen-bond acceptors (Lipinski definition) is 3. The molecule has 0 aromatic heterocycles. The van der Waals surface area contributed by atoms with E-state index in [1.807, 2.05) is 31.2 Å². The molecule has 0 saturated carbocycles. The predicted molar refractivity (Wildman–Crippen MR) is 68.5 cm³/mol. The fourth-order valence-electron chi connectivity index (χ4n) is 3.66. The molecule has 3 heterocycles. The zero-order chi connectivity index (χ0) is 13.1. The SMILES string of the molecule is Cc1ccc(N2C(=O)C3C4CCC(O4)C3C2=O)cc1. The van der Waals surface area contributed by atoms with Crippen molar-refractivity contribution >= 4 is 17.5 Å². The maximum Gasteiger partial charge on any atom is 0.240 e. The Morgan fingerprint density at radius 1 is 1.00 bits per heavy atom. The molecule has 0 radical (unpaired) electrons. The Kier molecular flexibility index (Phi) is 2.16. The summed E-state index contributed by atoms with van der Waals surface area (Å²) in [5, 5.41) is 0. The number of nitrogens with zero attached hydrogens (tertiary/aromatic N) is 1. The number of carbonyl (C=O) groups is 2. The molecule has 2 bridgehead atoms. The van der Waals surface area contributed by atoms with Gasteiger partial charge in [-0.1, -0.05) is 17.7 Å². The second-order valence-corrected chi connectivity index (χ2v) is 5.69. The highest BCUT2D eigenvalue weighted by atomic mass is 16.5. The molecule has 0 N–H and O–H groups in total.